The van der Waals surface area contributed by atoms with Gasteiger partial charge >= 0.3 is 0 Å². The molecule has 28 heavy (non-hydrogen) atoms. The maximum atomic E-state index is 12.2. The topological polar surface area (TPSA) is 119 Å². The van der Waals surface area contributed by atoms with Crippen molar-refractivity contribution in [2.24, 2.45) is 0 Å². The fraction of sp³-hybridized carbons (Fsp3) is 0.167. The Labute approximate surface area is 164 Å². The van der Waals surface area contributed by atoms with Crippen LogP contribution in [-0.4, -0.2) is 36.4 Å². The second kappa shape index (κ2) is 9.00. The average molecular weight is 425 g/mol. The molecule has 0 atom stereocenters. The highest BCUT2D eigenvalue weighted by Crippen LogP contribution is 2.16. The molecule has 0 spiro atoms. The Morgan fingerprint density at radius 2 is 1.46 bits per heavy atom. The number of amides is 1. The molecule has 10 heteroatoms. The maximum Gasteiger partial charge on any atom is 0.264 e. The summed E-state index contributed by atoms with van der Waals surface area (Å²) in [6.45, 7) is 2.26. The second-order valence-electron chi connectivity index (χ2n) is 5.48. The molecule has 0 aliphatic rings. The maximum absolute atomic E-state index is 12.2. The normalized spacial score (nSPS) is 12.1. The number of sulfonamides is 2. The summed E-state index contributed by atoms with van der Waals surface area (Å²) in [7, 11) is -6.26. The average Bonchev–Trinajstić information content (AvgIpc) is 2.67. The molecule has 0 aromatic heterocycles. The Morgan fingerprint density at radius 3 is 2.00 bits per heavy atom. The van der Waals surface area contributed by atoms with Gasteiger partial charge in [-0.1, -0.05) is 12.1 Å². The van der Waals surface area contributed by atoms with Crippen LogP contribution < -0.4 is 14.2 Å². The molecule has 0 aliphatic heterocycles. The molecule has 1 amide bonds. The van der Waals surface area contributed by atoms with Crippen LogP contribution in [-0.2, 0) is 24.8 Å². The van der Waals surface area contributed by atoms with Crippen molar-refractivity contribution in [2.45, 2.75) is 16.7 Å². The molecule has 0 saturated heterocycles. The lowest BCUT2D eigenvalue weighted by molar-refractivity contribution is -0.114. The molecule has 0 bridgehead atoms. The lowest BCUT2D eigenvalue weighted by atomic mass is 10.2. The van der Waals surface area contributed by atoms with E-state index in [1.807, 2.05) is 11.6 Å². The summed E-state index contributed by atoms with van der Waals surface area (Å²) in [6.07, 6.45) is 2.42. The van der Waals surface area contributed by atoms with Gasteiger partial charge in [-0.15, -0.1) is 0 Å². The van der Waals surface area contributed by atoms with E-state index in [0.29, 0.717) is 17.9 Å². The monoisotopic (exact) mass is 424 g/mol. The van der Waals surface area contributed by atoms with Crippen molar-refractivity contribution in [2.75, 3.05) is 13.7 Å². The molecule has 2 N–H and O–H groups in total. The van der Waals surface area contributed by atoms with Crippen molar-refractivity contribution < 1.29 is 26.4 Å². The molecule has 8 nitrogen and oxygen atoms in total. The molecule has 150 valence electrons. The Bertz CT molecular complexity index is 1060. The zero-order valence-corrected chi connectivity index (χ0v) is 16.9. The quantitative estimate of drug-likeness (QED) is 0.620. The van der Waals surface area contributed by atoms with Crippen LogP contribution in [0.15, 0.2) is 64.4 Å². The summed E-state index contributed by atoms with van der Waals surface area (Å²) in [6, 6.07) is 11.4. The summed E-state index contributed by atoms with van der Waals surface area (Å²) in [5.74, 6) is -0.308. The fourth-order valence-electron chi connectivity index (χ4n) is 2.15. The van der Waals surface area contributed by atoms with Crippen molar-refractivity contribution in [3.63, 3.8) is 0 Å². The lowest BCUT2D eigenvalue weighted by Crippen LogP contribution is -2.28. The van der Waals surface area contributed by atoms with Gasteiger partial charge in [-0.05, 0) is 62.0 Å². The van der Waals surface area contributed by atoms with E-state index in [9.17, 15) is 21.6 Å². The predicted octanol–water partition coefficient (Wildman–Crippen LogP) is 1.51. The summed E-state index contributed by atoms with van der Waals surface area (Å²) in [5, 5.41) is 0. The lowest BCUT2D eigenvalue weighted by Gasteiger charge is -2.07. The number of ether oxygens (including phenoxy) is 1. The van der Waals surface area contributed by atoms with Crippen molar-refractivity contribution in [1.29, 1.82) is 0 Å². The minimum Gasteiger partial charge on any atom is -0.494 e. The van der Waals surface area contributed by atoms with Crippen molar-refractivity contribution >= 4 is 32.0 Å². The fourth-order valence-corrected chi connectivity index (χ4v) is 3.83. The smallest absolute Gasteiger partial charge is 0.264 e. The highest BCUT2D eigenvalue weighted by Gasteiger charge is 2.16. The van der Waals surface area contributed by atoms with Crippen LogP contribution in [0.4, 0.5) is 0 Å². The predicted molar refractivity (Wildman–Crippen MR) is 105 cm³/mol. The first-order valence-corrected chi connectivity index (χ1v) is 11.2. The van der Waals surface area contributed by atoms with E-state index in [1.54, 1.807) is 0 Å². The number of benzene rings is 2. The van der Waals surface area contributed by atoms with E-state index >= 15 is 0 Å². The highest BCUT2D eigenvalue weighted by molar-refractivity contribution is 7.90. The van der Waals surface area contributed by atoms with Gasteiger partial charge in [0, 0.05) is 6.08 Å². The summed E-state index contributed by atoms with van der Waals surface area (Å²) in [4.78, 5) is 11.9. The van der Waals surface area contributed by atoms with E-state index in [-0.39, 0.29) is 9.79 Å². The van der Waals surface area contributed by atoms with Crippen LogP contribution in [0.5, 0.6) is 5.75 Å². The Morgan fingerprint density at radius 1 is 0.929 bits per heavy atom. The van der Waals surface area contributed by atoms with Gasteiger partial charge in [0.1, 0.15) is 5.75 Å². The number of nitrogens with one attached hydrogen (secondary N) is 2. The number of hydrogen-bond acceptors (Lipinski definition) is 6. The first-order valence-electron chi connectivity index (χ1n) is 8.19. The zero-order chi connectivity index (χ0) is 20.8. The largest absolute Gasteiger partial charge is 0.494 e. The molecule has 2 aromatic carbocycles. The van der Waals surface area contributed by atoms with Gasteiger partial charge < -0.3 is 4.74 Å². The molecular formula is C18H20N2O6S2. The van der Waals surface area contributed by atoms with Gasteiger partial charge in [-0.2, -0.15) is 0 Å². The molecule has 0 unspecified atom stereocenters. The molecule has 0 heterocycles. The van der Waals surface area contributed by atoms with Gasteiger partial charge in [0.25, 0.3) is 15.9 Å². The van der Waals surface area contributed by atoms with Gasteiger partial charge in [0.05, 0.1) is 16.4 Å². The molecule has 0 saturated carbocycles. The minimum atomic E-state index is -4.02. The highest BCUT2D eigenvalue weighted by atomic mass is 32.2. The van der Waals surface area contributed by atoms with Crippen molar-refractivity contribution in [3.05, 3.63) is 60.2 Å². The van der Waals surface area contributed by atoms with E-state index in [1.165, 1.54) is 61.7 Å². The van der Waals surface area contributed by atoms with E-state index in [2.05, 4.69) is 4.72 Å². The van der Waals surface area contributed by atoms with E-state index in [4.69, 9.17) is 4.74 Å². The molecule has 0 aliphatic carbocycles. The van der Waals surface area contributed by atoms with Crippen LogP contribution in [0.3, 0.4) is 0 Å². The van der Waals surface area contributed by atoms with Crippen LogP contribution in [0.1, 0.15) is 12.5 Å². The summed E-state index contributed by atoms with van der Waals surface area (Å²) >= 11 is 0. The van der Waals surface area contributed by atoms with E-state index < -0.39 is 26.0 Å². The van der Waals surface area contributed by atoms with Gasteiger partial charge in [-0.25, -0.2) is 26.3 Å². The first-order chi connectivity index (χ1) is 13.2. The Hall–Kier alpha value is -2.69. The third kappa shape index (κ3) is 5.65. The molecule has 0 fully saturated rings. The third-order valence-electron chi connectivity index (χ3n) is 3.57. The summed E-state index contributed by atoms with van der Waals surface area (Å²) < 4.78 is 57.2. The number of hydrogen-bond donors (Lipinski definition) is 2. The number of carbonyl (C=O) groups is 1. The first kappa shape index (κ1) is 21.6. The third-order valence-corrected chi connectivity index (χ3v) is 6.36. The standard InChI is InChI=1S/C18H20N2O6S2/c1-3-26-15-7-11-17(12-8-15)28(24,25)20-18(21)13-6-14-4-9-16(10-5-14)27(22,23)19-2/h4-13,19H,3H2,1-2H3,(H,20,21)/b13-6+. The van der Waals surface area contributed by atoms with E-state index in [0.717, 1.165) is 6.08 Å². The van der Waals surface area contributed by atoms with Crippen molar-refractivity contribution in [3.8, 4) is 5.75 Å². The molecule has 0 radical (unpaired) electrons. The Kier molecular flexibility index (Phi) is 6.95. The molecular weight excluding hydrogens is 404 g/mol. The summed E-state index contributed by atoms with van der Waals surface area (Å²) in [5.41, 5.74) is 0.531. The molecule has 2 aromatic rings. The van der Waals surface area contributed by atoms with Gasteiger partial charge in [0.2, 0.25) is 10.0 Å². The van der Waals surface area contributed by atoms with Crippen LogP contribution in [0.2, 0.25) is 0 Å². The van der Waals surface area contributed by atoms with Gasteiger partial charge in [0.15, 0.2) is 0 Å². The number of rotatable bonds is 8. The van der Waals surface area contributed by atoms with Crippen LogP contribution >= 0.6 is 0 Å². The Balaban J connectivity index is 2.06. The van der Waals surface area contributed by atoms with Gasteiger partial charge in [-0.3, -0.25) is 4.79 Å². The minimum absolute atomic E-state index is 0.0701. The van der Waals surface area contributed by atoms with Crippen molar-refractivity contribution in [1.82, 2.24) is 9.44 Å². The molecule has 2 rings (SSSR count). The number of carbonyl (C=O) groups excluding carboxylic acids is 1. The zero-order valence-electron chi connectivity index (χ0n) is 15.2. The second-order valence-corrected chi connectivity index (χ2v) is 9.05. The van der Waals surface area contributed by atoms with Crippen LogP contribution in [0, 0.1) is 0 Å². The van der Waals surface area contributed by atoms with Crippen LogP contribution in [0.25, 0.3) is 6.08 Å². The SMILES string of the molecule is CCOc1ccc(S(=O)(=O)NC(=O)/C=C/c2ccc(S(=O)(=O)NC)cc2)cc1.